The molecule has 0 amide bonds. The van der Waals surface area contributed by atoms with Gasteiger partial charge in [-0.15, -0.1) is 0 Å². The Balaban J connectivity index is 1.97. The van der Waals surface area contributed by atoms with Crippen LogP contribution >= 0.6 is 0 Å². The minimum atomic E-state index is -0.695. The molecular weight excluding hydrogens is 276 g/mol. The number of carboxylic acid groups (broad SMARTS) is 1. The second kappa shape index (κ2) is 5.64. The second-order valence-electron chi connectivity index (χ2n) is 6.64. The molecule has 1 N–H and O–H groups in total. The van der Waals surface area contributed by atoms with Crippen LogP contribution in [0.4, 0.5) is 0 Å². The number of benzene rings is 2. The molecule has 22 heavy (non-hydrogen) atoms. The highest BCUT2D eigenvalue weighted by Crippen LogP contribution is 2.51. The van der Waals surface area contributed by atoms with Crippen LogP contribution in [0.25, 0.3) is 10.8 Å². The van der Waals surface area contributed by atoms with Crippen molar-refractivity contribution in [2.24, 2.45) is 5.41 Å². The van der Waals surface area contributed by atoms with Crippen molar-refractivity contribution >= 4 is 16.7 Å². The molecule has 2 aromatic rings. The fraction of sp³-hybridized carbons (Fsp3) is 0.421. The summed E-state index contributed by atoms with van der Waals surface area (Å²) in [6.07, 6.45) is 3.42. The molecule has 0 saturated heterocycles. The lowest BCUT2D eigenvalue weighted by Crippen LogP contribution is -2.23. The van der Waals surface area contributed by atoms with E-state index in [1.54, 1.807) is 7.11 Å². The van der Waals surface area contributed by atoms with E-state index in [2.05, 4.69) is 31.2 Å². The summed E-state index contributed by atoms with van der Waals surface area (Å²) < 4.78 is 5.26. The fourth-order valence-electron chi connectivity index (χ4n) is 3.94. The number of rotatable bonds is 4. The molecule has 0 bridgehead atoms. The summed E-state index contributed by atoms with van der Waals surface area (Å²) in [4.78, 5) is 11.2. The molecule has 0 aromatic heterocycles. The number of aliphatic carboxylic acids is 1. The molecule has 3 nitrogen and oxygen atoms in total. The van der Waals surface area contributed by atoms with Crippen molar-refractivity contribution in [2.45, 2.75) is 38.5 Å². The van der Waals surface area contributed by atoms with Crippen molar-refractivity contribution in [3.8, 4) is 5.75 Å². The standard InChI is InChI=1S/C19H22O3/c1-19(12-18(20)21)9-3-4-17(19)15-6-5-14-11-16(22-2)8-7-13(14)10-15/h5-8,10-11,17H,3-4,9,12H2,1-2H3,(H,20,21)/t17-,19-/m0/s1. The van der Waals surface area contributed by atoms with Crippen molar-refractivity contribution < 1.29 is 14.6 Å². The molecule has 1 saturated carbocycles. The van der Waals surface area contributed by atoms with E-state index in [4.69, 9.17) is 4.74 Å². The summed E-state index contributed by atoms with van der Waals surface area (Å²) in [5, 5.41) is 11.6. The van der Waals surface area contributed by atoms with Crippen LogP contribution in [0.3, 0.4) is 0 Å². The smallest absolute Gasteiger partial charge is 0.303 e. The summed E-state index contributed by atoms with van der Waals surface area (Å²) in [6.45, 7) is 2.12. The number of ether oxygens (including phenoxy) is 1. The van der Waals surface area contributed by atoms with Crippen molar-refractivity contribution in [1.29, 1.82) is 0 Å². The number of hydrogen-bond acceptors (Lipinski definition) is 2. The zero-order valence-corrected chi connectivity index (χ0v) is 13.1. The number of methoxy groups -OCH3 is 1. The van der Waals surface area contributed by atoms with E-state index in [-0.39, 0.29) is 11.8 Å². The average Bonchev–Trinajstić information content (AvgIpc) is 2.86. The Morgan fingerprint density at radius 1 is 1.27 bits per heavy atom. The minimum absolute atomic E-state index is 0.133. The lowest BCUT2D eigenvalue weighted by molar-refractivity contribution is -0.139. The molecular formula is C19H22O3. The lowest BCUT2D eigenvalue weighted by atomic mass is 9.73. The third-order valence-electron chi connectivity index (χ3n) is 5.11. The maximum atomic E-state index is 11.2. The van der Waals surface area contributed by atoms with Gasteiger partial charge in [0.1, 0.15) is 5.75 Å². The molecule has 0 aliphatic heterocycles. The van der Waals surface area contributed by atoms with E-state index in [0.717, 1.165) is 30.4 Å². The average molecular weight is 298 g/mol. The van der Waals surface area contributed by atoms with E-state index in [1.807, 2.05) is 12.1 Å². The Bertz CT molecular complexity index is 707. The van der Waals surface area contributed by atoms with Gasteiger partial charge in [0.05, 0.1) is 13.5 Å². The van der Waals surface area contributed by atoms with Gasteiger partial charge in [0.25, 0.3) is 0 Å². The molecule has 1 fully saturated rings. The maximum absolute atomic E-state index is 11.2. The van der Waals surface area contributed by atoms with Crippen molar-refractivity contribution in [3.63, 3.8) is 0 Å². The number of carbonyl (C=O) groups is 1. The van der Waals surface area contributed by atoms with Gasteiger partial charge >= 0.3 is 5.97 Å². The van der Waals surface area contributed by atoms with Gasteiger partial charge in [-0.2, -0.15) is 0 Å². The third kappa shape index (κ3) is 2.68. The van der Waals surface area contributed by atoms with Crippen LogP contribution in [0.1, 0.15) is 44.1 Å². The minimum Gasteiger partial charge on any atom is -0.497 e. The maximum Gasteiger partial charge on any atom is 0.303 e. The Kier molecular flexibility index (Phi) is 3.81. The van der Waals surface area contributed by atoms with Gasteiger partial charge in [0, 0.05) is 0 Å². The second-order valence-corrected chi connectivity index (χ2v) is 6.64. The van der Waals surface area contributed by atoms with Crippen LogP contribution in [-0.4, -0.2) is 18.2 Å². The van der Waals surface area contributed by atoms with Crippen LogP contribution in [0.5, 0.6) is 5.75 Å². The normalized spacial score (nSPS) is 24.5. The Hall–Kier alpha value is -2.03. The first-order valence-corrected chi connectivity index (χ1v) is 7.81. The van der Waals surface area contributed by atoms with Gasteiger partial charge in [-0.1, -0.05) is 37.6 Å². The van der Waals surface area contributed by atoms with Gasteiger partial charge < -0.3 is 9.84 Å². The van der Waals surface area contributed by atoms with Crippen LogP contribution in [-0.2, 0) is 4.79 Å². The van der Waals surface area contributed by atoms with E-state index >= 15 is 0 Å². The molecule has 116 valence electrons. The SMILES string of the molecule is COc1ccc2cc([C@@H]3CCC[C@@]3(C)CC(=O)O)ccc2c1. The van der Waals surface area contributed by atoms with Gasteiger partial charge in [0.2, 0.25) is 0 Å². The third-order valence-corrected chi connectivity index (χ3v) is 5.11. The summed E-state index contributed by atoms with van der Waals surface area (Å²) in [6, 6.07) is 12.6. The topological polar surface area (TPSA) is 46.5 Å². The van der Waals surface area contributed by atoms with Crippen molar-refractivity contribution in [1.82, 2.24) is 0 Å². The van der Waals surface area contributed by atoms with E-state index in [1.165, 1.54) is 10.9 Å². The number of carboxylic acids is 1. The first-order chi connectivity index (χ1) is 10.5. The Morgan fingerprint density at radius 3 is 2.73 bits per heavy atom. The predicted octanol–water partition coefficient (Wildman–Crippen LogP) is 4.60. The molecule has 0 spiro atoms. The molecule has 1 aliphatic carbocycles. The van der Waals surface area contributed by atoms with Gasteiger partial charge in [-0.25, -0.2) is 0 Å². The van der Waals surface area contributed by atoms with E-state index < -0.39 is 5.97 Å². The van der Waals surface area contributed by atoms with Gasteiger partial charge in [0.15, 0.2) is 0 Å². The highest BCUT2D eigenvalue weighted by atomic mass is 16.5. The van der Waals surface area contributed by atoms with E-state index in [0.29, 0.717) is 5.92 Å². The van der Waals surface area contributed by atoms with E-state index in [9.17, 15) is 9.90 Å². The quantitative estimate of drug-likeness (QED) is 0.897. The highest BCUT2D eigenvalue weighted by molar-refractivity contribution is 5.84. The molecule has 0 unspecified atom stereocenters. The highest BCUT2D eigenvalue weighted by Gasteiger charge is 2.41. The summed E-state index contributed by atoms with van der Waals surface area (Å²) in [5.74, 6) is 0.492. The Morgan fingerprint density at radius 2 is 2.00 bits per heavy atom. The first kappa shape index (κ1) is 14.9. The summed E-state index contributed by atoms with van der Waals surface area (Å²) in [7, 11) is 1.67. The number of hydrogen-bond donors (Lipinski definition) is 1. The molecule has 1 aliphatic rings. The lowest BCUT2D eigenvalue weighted by Gasteiger charge is -2.30. The predicted molar refractivity (Wildman–Crippen MR) is 87.5 cm³/mol. The van der Waals surface area contributed by atoms with Crippen LogP contribution < -0.4 is 4.74 Å². The molecule has 2 atom stereocenters. The summed E-state index contributed by atoms with van der Waals surface area (Å²) in [5.41, 5.74) is 1.13. The Labute approximate surface area is 130 Å². The van der Waals surface area contributed by atoms with Crippen LogP contribution in [0, 0.1) is 5.41 Å². The summed E-state index contributed by atoms with van der Waals surface area (Å²) >= 11 is 0. The van der Waals surface area contributed by atoms with Crippen molar-refractivity contribution in [2.75, 3.05) is 7.11 Å². The van der Waals surface area contributed by atoms with Crippen molar-refractivity contribution in [3.05, 3.63) is 42.0 Å². The first-order valence-electron chi connectivity index (χ1n) is 7.81. The molecule has 2 aromatic carbocycles. The zero-order chi connectivity index (χ0) is 15.7. The fourth-order valence-corrected chi connectivity index (χ4v) is 3.94. The largest absolute Gasteiger partial charge is 0.497 e. The monoisotopic (exact) mass is 298 g/mol. The molecule has 3 rings (SSSR count). The molecule has 0 heterocycles. The zero-order valence-electron chi connectivity index (χ0n) is 13.1. The van der Waals surface area contributed by atoms with Crippen LogP contribution in [0.2, 0.25) is 0 Å². The van der Waals surface area contributed by atoms with Gasteiger partial charge in [-0.3, -0.25) is 4.79 Å². The molecule has 3 heteroatoms. The molecule has 0 radical (unpaired) electrons. The number of fused-ring (bicyclic) bond motifs is 1. The van der Waals surface area contributed by atoms with Gasteiger partial charge in [-0.05, 0) is 52.6 Å². The van der Waals surface area contributed by atoms with Crippen LogP contribution in [0.15, 0.2) is 36.4 Å².